The van der Waals surface area contributed by atoms with Crippen molar-refractivity contribution in [2.24, 2.45) is 11.7 Å². The standard InChI is InChI=1S/C26H29F6NO3/c1-15(17-11-18(25(27,28)29)13-19(12-17)26(30,31)32)35-24-23(16-5-3-2-4-6-16)21(9-10-34-24)22-8-7-20(14-33)36-22/h2-6,11-13,15,20-24H,7-10,14,33H2,1H3/t15-,20?,21+,22?,23+,24-/m1/s1. The maximum absolute atomic E-state index is 13.4. The maximum Gasteiger partial charge on any atom is 0.416 e. The predicted molar refractivity (Wildman–Crippen MR) is 120 cm³/mol. The molecule has 0 radical (unpaired) electrons. The summed E-state index contributed by atoms with van der Waals surface area (Å²) in [6.45, 7) is 2.17. The van der Waals surface area contributed by atoms with Crippen LogP contribution in [0.2, 0.25) is 0 Å². The Bertz CT molecular complexity index is 981. The number of benzene rings is 2. The van der Waals surface area contributed by atoms with Gasteiger partial charge in [-0.3, -0.25) is 0 Å². The molecule has 10 heteroatoms. The molecule has 2 aliphatic rings. The van der Waals surface area contributed by atoms with Crippen molar-refractivity contribution in [3.8, 4) is 0 Å². The minimum Gasteiger partial charge on any atom is -0.373 e. The van der Waals surface area contributed by atoms with Gasteiger partial charge in [-0.1, -0.05) is 30.3 Å². The van der Waals surface area contributed by atoms with Crippen molar-refractivity contribution in [2.45, 2.75) is 69.1 Å². The first kappa shape index (κ1) is 26.9. The van der Waals surface area contributed by atoms with Gasteiger partial charge in [-0.05, 0) is 61.4 Å². The molecule has 0 bridgehead atoms. The molecule has 2 heterocycles. The van der Waals surface area contributed by atoms with E-state index in [1.54, 1.807) is 0 Å². The average molecular weight is 518 g/mol. The van der Waals surface area contributed by atoms with E-state index >= 15 is 0 Å². The van der Waals surface area contributed by atoms with Crippen molar-refractivity contribution in [1.29, 1.82) is 0 Å². The van der Waals surface area contributed by atoms with Gasteiger partial charge in [0.1, 0.15) is 0 Å². The van der Waals surface area contributed by atoms with Crippen LogP contribution >= 0.6 is 0 Å². The second kappa shape index (κ2) is 10.7. The van der Waals surface area contributed by atoms with Gasteiger partial charge in [0.15, 0.2) is 6.29 Å². The molecule has 6 atom stereocenters. The molecule has 2 aromatic carbocycles. The molecular formula is C26H29F6NO3. The van der Waals surface area contributed by atoms with Crippen LogP contribution < -0.4 is 5.73 Å². The number of halogens is 6. The fourth-order valence-corrected chi connectivity index (χ4v) is 5.14. The summed E-state index contributed by atoms with van der Waals surface area (Å²) in [5.74, 6) is -0.334. The summed E-state index contributed by atoms with van der Waals surface area (Å²) in [6.07, 6.45) is -9.68. The molecule has 0 amide bonds. The molecule has 0 aromatic heterocycles. The number of ether oxygens (including phenoxy) is 3. The highest BCUT2D eigenvalue weighted by atomic mass is 19.4. The molecular weight excluding hydrogens is 488 g/mol. The highest BCUT2D eigenvalue weighted by Gasteiger charge is 2.44. The molecule has 2 unspecified atom stereocenters. The van der Waals surface area contributed by atoms with Crippen LogP contribution in [0, 0.1) is 5.92 Å². The molecule has 0 spiro atoms. The number of alkyl halides is 6. The Balaban J connectivity index is 1.64. The van der Waals surface area contributed by atoms with Crippen molar-refractivity contribution in [2.75, 3.05) is 13.2 Å². The fourth-order valence-electron chi connectivity index (χ4n) is 5.14. The highest BCUT2D eigenvalue weighted by molar-refractivity contribution is 5.35. The number of nitrogens with two attached hydrogens (primary N) is 1. The van der Waals surface area contributed by atoms with E-state index in [2.05, 4.69) is 0 Å². The van der Waals surface area contributed by atoms with Crippen LogP contribution in [-0.4, -0.2) is 31.6 Å². The number of hydrogen-bond donors (Lipinski definition) is 1. The Morgan fingerprint density at radius 1 is 0.944 bits per heavy atom. The third kappa shape index (κ3) is 6.04. The van der Waals surface area contributed by atoms with Gasteiger partial charge in [0.05, 0.1) is 36.0 Å². The first-order valence-corrected chi connectivity index (χ1v) is 11.9. The van der Waals surface area contributed by atoms with Crippen molar-refractivity contribution >= 4 is 0 Å². The van der Waals surface area contributed by atoms with Gasteiger partial charge in [0, 0.05) is 12.5 Å². The second-order valence-electron chi connectivity index (χ2n) is 9.36. The quantitative estimate of drug-likeness (QED) is 0.447. The van der Waals surface area contributed by atoms with E-state index in [9.17, 15) is 26.3 Å². The van der Waals surface area contributed by atoms with Gasteiger partial charge >= 0.3 is 12.4 Å². The Labute approximate surface area is 205 Å². The van der Waals surface area contributed by atoms with Crippen LogP contribution in [0.25, 0.3) is 0 Å². The number of hydrogen-bond acceptors (Lipinski definition) is 4. The summed E-state index contributed by atoms with van der Waals surface area (Å²) >= 11 is 0. The molecule has 36 heavy (non-hydrogen) atoms. The van der Waals surface area contributed by atoms with Gasteiger partial charge in [-0.15, -0.1) is 0 Å². The van der Waals surface area contributed by atoms with Gasteiger partial charge < -0.3 is 19.9 Å². The zero-order valence-corrected chi connectivity index (χ0v) is 19.7. The normalized spacial score (nSPS) is 28.3. The molecule has 2 saturated heterocycles. The smallest absolute Gasteiger partial charge is 0.373 e. The largest absolute Gasteiger partial charge is 0.416 e. The van der Waals surface area contributed by atoms with Crippen molar-refractivity contribution in [3.63, 3.8) is 0 Å². The zero-order valence-electron chi connectivity index (χ0n) is 19.7. The Hall–Kier alpha value is -2.14. The molecule has 2 N–H and O–H groups in total. The molecule has 0 saturated carbocycles. The molecule has 2 fully saturated rings. The first-order valence-electron chi connectivity index (χ1n) is 11.9. The topological polar surface area (TPSA) is 53.7 Å². The summed E-state index contributed by atoms with van der Waals surface area (Å²) in [7, 11) is 0. The Morgan fingerprint density at radius 3 is 2.14 bits per heavy atom. The van der Waals surface area contributed by atoms with Gasteiger partial charge in [-0.25, -0.2) is 0 Å². The van der Waals surface area contributed by atoms with E-state index in [4.69, 9.17) is 19.9 Å². The Morgan fingerprint density at radius 2 is 1.58 bits per heavy atom. The van der Waals surface area contributed by atoms with E-state index in [1.807, 2.05) is 30.3 Å². The summed E-state index contributed by atoms with van der Waals surface area (Å²) in [5, 5.41) is 0. The summed E-state index contributed by atoms with van der Waals surface area (Å²) in [4.78, 5) is 0. The molecule has 2 aromatic rings. The van der Waals surface area contributed by atoms with Crippen LogP contribution in [0.4, 0.5) is 26.3 Å². The summed E-state index contributed by atoms with van der Waals surface area (Å²) < 4.78 is 98.4. The van der Waals surface area contributed by atoms with Gasteiger partial charge in [-0.2, -0.15) is 26.3 Å². The predicted octanol–water partition coefficient (Wildman–Crippen LogP) is 6.45. The molecule has 4 nitrogen and oxygen atoms in total. The van der Waals surface area contributed by atoms with Crippen LogP contribution in [-0.2, 0) is 26.6 Å². The highest BCUT2D eigenvalue weighted by Crippen LogP contribution is 2.44. The minimum atomic E-state index is -4.94. The van der Waals surface area contributed by atoms with Crippen molar-refractivity contribution in [1.82, 2.24) is 0 Å². The SMILES string of the molecule is C[C@@H](O[C@H]1OCC[C@@H](C2CCC(CN)O2)[C@@H]1c1ccccc1)c1cc(C(F)(F)F)cc(C(F)(F)F)c1. The Kier molecular flexibility index (Phi) is 7.99. The van der Waals surface area contributed by atoms with E-state index in [1.165, 1.54) is 6.92 Å². The zero-order chi connectivity index (χ0) is 26.1. The molecule has 4 rings (SSSR count). The monoisotopic (exact) mass is 517 g/mol. The lowest BCUT2D eigenvalue weighted by Gasteiger charge is -2.41. The summed E-state index contributed by atoms with van der Waals surface area (Å²) in [5.41, 5.74) is 3.70. The van der Waals surface area contributed by atoms with E-state index < -0.39 is 35.9 Å². The fraction of sp³-hybridized carbons (Fsp3) is 0.538. The molecule has 198 valence electrons. The minimum absolute atomic E-state index is 0.0119. The maximum atomic E-state index is 13.4. The summed E-state index contributed by atoms with van der Waals surface area (Å²) in [6, 6.07) is 10.9. The van der Waals surface area contributed by atoms with Gasteiger partial charge in [0.25, 0.3) is 0 Å². The molecule has 2 aliphatic heterocycles. The molecule has 0 aliphatic carbocycles. The van der Waals surface area contributed by atoms with Crippen molar-refractivity contribution in [3.05, 3.63) is 70.8 Å². The lowest BCUT2D eigenvalue weighted by atomic mass is 9.77. The number of rotatable bonds is 6. The second-order valence-corrected chi connectivity index (χ2v) is 9.36. The van der Waals surface area contributed by atoms with Crippen LogP contribution in [0.3, 0.4) is 0 Å². The van der Waals surface area contributed by atoms with E-state index in [-0.39, 0.29) is 35.7 Å². The third-order valence-electron chi connectivity index (χ3n) is 6.97. The average Bonchev–Trinajstić information content (AvgIpc) is 3.32. The van der Waals surface area contributed by atoms with Crippen molar-refractivity contribution < 1.29 is 40.6 Å². The van der Waals surface area contributed by atoms with Gasteiger partial charge in [0.2, 0.25) is 0 Å². The van der Waals surface area contributed by atoms with Crippen LogP contribution in [0.5, 0.6) is 0 Å². The van der Waals surface area contributed by atoms with Crippen LogP contribution in [0.1, 0.15) is 60.5 Å². The lowest BCUT2D eigenvalue weighted by molar-refractivity contribution is -0.218. The van der Waals surface area contributed by atoms with E-state index in [0.717, 1.165) is 18.4 Å². The lowest BCUT2D eigenvalue weighted by Crippen LogP contribution is -2.42. The first-order chi connectivity index (χ1) is 17.0. The van der Waals surface area contributed by atoms with E-state index in [0.29, 0.717) is 31.7 Å². The van der Waals surface area contributed by atoms with Crippen LogP contribution in [0.15, 0.2) is 48.5 Å². The third-order valence-corrected chi connectivity index (χ3v) is 6.97.